The van der Waals surface area contributed by atoms with Gasteiger partial charge in [0.15, 0.2) is 0 Å². The minimum atomic E-state index is -0.436. The second-order valence-electron chi connectivity index (χ2n) is 6.09. The third kappa shape index (κ3) is 3.17. The minimum absolute atomic E-state index is 0.436. The van der Waals surface area contributed by atoms with E-state index in [-0.39, 0.29) is 0 Å². The van der Waals surface area contributed by atoms with Crippen LogP contribution in [0.25, 0.3) is 0 Å². The van der Waals surface area contributed by atoms with Crippen LogP contribution >= 0.6 is 0 Å². The molecule has 0 unspecified atom stereocenters. The summed E-state index contributed by atoms with van der Waals surface area (Å²) in [4.78, 5) is 9.00. The predicted octanol–water partition coefficient (Wildman–Crippen LogP) is 4.18. The molecular formula is C17H25N3. The first-order valence-corrected chi connectivity index (χ1v) is 7.96. The Balaban J connectivity index is 2.10. The maximum atomic E-state index is 9.65. The van der Waals surface area contributed by atoms with Crippen molar-refractivity contribution >= 4 is 0 Å². The summed E-state index contributed by atoms with van der Waals surface area (Å²) in [5, 5.41) is 9.65. The molecule has 3 heteroatoms. The molecule has 1 aromatic rings. The molecule has 0 radical (unpaired) electrons. The average Bonchev–Trinajstić information content (AvgIpc) is 2.50. The van der Waals surface area contributed by atoms with Crippen molar-refractivity contribution in [1.29, 1.82) is 5.26 Å². The third-order valence-corrected chi connectivity index (χ3v) is 4.54. The second-order valence-corrected chi connectivity index (χ2v) is 6.09. The number of hydrogen-bond acceptors (Lipinski definition) is 3. The molecule has 2 rings (SSSR count). The lowest BCUT2D eigenvalue weighted by Crippen LogP contribution is -2.32. The molecule has 1 heterocycles. The first kappa shape index (κ1) is 15.0. The number of nitriles is 1. The first-order chi connectivity index (χ1) is 9.74. The van der Waals surface area contributed by atoms with E-state index in [0.717, 1.165) is 50.3 Å². The highest BCUT2D eigenvalue weighted by Crippen LogP contribution is 2.40. The molecule has 0 amide bonds. The van der Waals surface area contributed by atoms with E-state index in [2.05, 4.69) is 29.9 Å². The Morgan fingerprint density at radius 3 is 2.35 bits per heavy atom. The number of aromatic nitrogens is 2. The summed E-state index contributed by atoms with van der Waals surface area (Å²) < 4.78 is 0. The highest BCUT2D eigenvalue weighted by atomic mass is 14.9. The minimum Gasteiger partial charge on any atom is -0.239 e. The maximum Gasteiger partial charge on any atom is 0.148 e. The van der Waals surface area contributed by atoms with Crippen molar-refractivity contribution < 1.29 is 0 Å². The van der Waals surface area contributed by atoms with Gasteiger partial charge >= 0.3 is 0 Å². The zero-order valence-corrected chi connectivity index (χ0v) is 12.7. The average molecular weight is 271 g/mol. The van der Waals surface area contributed by atoms with Crippen LogP contribution in [0.1, 0.15) is 70.2 Å². The molecule has 1 aliphatic rings. The molecule has 0 spiro atoms. The van der Waals surface area contributed by atoms with Crippen LogP contribution in [0.15, 0.2) is 12.4 Å². The molecule has 0 aromatic carbocycles. The van der Waals surface area contributed by atoms with Crippen LogP contribution in [0.2, 0.25) is 0 Å². The van der Waals surface area contributed by atoms with Gasteiger partial charge in [-0.05, 0) is 43.6 Å². The predicted molar refractivity (Wildman–Crippen MR) is 80.2 cm³/mol. The summed E-state index contributed by atoms with van der Waals surface area (Å²) in [5.41, 5.74) is 0.735. The van der Waals surface area contributed by atoms with Gasteiger partial charge in [0.1, 0.15) is 11.2 Å². The van der Waals surface area contributed by atoms with Crippen LogP contribution in [0.4, 0.5) is 0 Å². The quantitative estimate of drug-likeness (QED) is 0.807. The summed E-state index contributed by atoms with van der Waals surface area (Å²) in [6.45, 7) is 4.39. The summed E-state index contributed by atoms with van der Waals surface area (Å²) in [6, 6.07) is 2.52. The lowest BCUT2D eigenvalue weighted by atomic mass is 9.70. The van der Waals surface area contributed by atoms with E-state index in [9.17, 15) is 5.26 Å². The monoisotopic (exact) mass is 271 g/mol. The van der Waals surface area contributed by atoms with Gasteiger partial charge in [0.05, 0.1) is 6.07 Å². The summed E-state index contributed by atoms with van der Waals surface area (Å²) >= 11 is 0. The van der Waals surface area contributed by atoms with Crippen LogP contribution in [-0.4, -0.2) is 9.97 Å². The molecular weight excluding hydrogens is 246 g/mol. The van der Waals surface area contributed by atoms with E-state index >= 15 is 0 Å². The van der Waals surface area contributed by atoms with Crippen LogP contribution in [-0.2, 0) is 11.8 Å². The van der Waals surface area contributed by atoms with Crippen LogP contribution in [0.3, 0.4) is 0 Å². The Hall–Kier alpha value is -1.43. The van der Waals surface area contributed by atoms with Crippen LogP contribution < -0.4 is 0 Å². The Bertz CT molecular complexity index is 450. The summed E-state index contributed by atoms with van der Waals surface area (Å²) in [5.74, 6) is 1.54. The van der Waals surface area contributed by atoms with Crippen molar-refractivity contribution in [2.45, 2.75) is 70.6 Å². The molecule has 0 aliphatic heterocycles. The van der Waals surface area contributed by atoms with E-state index < -0.39 is 5.41 Å². The molecule has 20 heavy (non-hydrogen) atoms. The molecule has 1 fully saturated rings. The number of aryl methyl sites for hydroxylation is 1. The fourth-order valence-electron chi connectivity index (χ4n) is 3.27. The van der Waals surface area contributed by atoms with E-state index in [1.807, 2.05) is 12.4 Å². The van der Waals surface area contributed by atoms with Crippen molar-refractivity contribution in [3.63, 3.8) is 0 Å². The molecule has 0 saturated heterocycles. The molecule has 108 valence electrons. The largest absolute Gasteiger partial charge is 0.239 e. The highest BCUT2D eigenvalue weighted by molar-refractivity contribution is 5.22. The van der Waals surface area contributed by atoms with E-state index in [1.165, 1.54) is 18.4 Å². The van der Waals surface area contributed by atoms with Crippen molar-refractivity contribution in [3.8, 4) is 6.07 Å². The zero-order valence-electron chi connectivity index (χ0n) is 12.7. The van der Waals surface area contributed by atoms with Gasteiger partial charge in [-0.25, -0.2) is 9.97 Å². The normalized spacial score (nSPS) is 26.1. The molecule has 1 aliphatic carbocycles. The topological polar surface area (TPSA) is 49.6 Å². The van der Waals surface area contributed by atoms with Gasteiger partial charge in [0.25, 0.3) is 0 Å². The van der Waals surface area contributed by atoms with E-state index in [1.54, 1.807) is 0 Å². The van der Waals surface area contributed by atoms with Crippen molar-refractivity contribution in [3.05, 3.63) is 23.8 Å². The molecule has 0 atom stereocenters. The van der Waals surface area contributed by atoms with E-state index in [4.69, 9.17) is 0 Å². The first-order valence-electron chi connectivity index (χ1n) is 7.96. The molecule has 3 nitrogen and oxygen atoms in total. The number of hydrogen-bond donors (Lipinski definition) is 0. The highest BCUT2D eigenvalue weighted by Gasteiger charge is 2.39. The van der Waals surface area contributed by atoms with Crippen LogP contribution in [0.5, 0.6) is 0 Å². The van der Waals surface area contributed by atoms with Gasteiger partial charge in [0, 0.05) is 12.4 Å². The molecule has 0 bridgehead atoms. The Labute approximate surface area is 122 Å². The van der Waals surface area contributed by atoms with Gasteiger partial charge < -0.3 is 0 Å². The van der Waals surface area contributed by atoms with Gasteiger partial charge in [-0.3, -0.25) is 0 Å². The van der Waals surface area contributed by atoms with Gasteiger partial charge in [-0.2, -0.15) is 5.26 Å². The molecule has 1 saturated carbocycles. The van der Waals surface area contributed by atoms with Crippen molar-refractivity contribution in [2.24, 2.45) is 5.92 Å². The SMILES string of the molecule is CCCc1cnc(C2(C#N)CCC(CCC)CC2)nc1. The Kier molecular flexibility index (Phi) is 5.11. The Morgan fingerprint density at radius 1 is 1.20 bits per heavy atom. The lowest BCUT2D eigenvalue weighted by molar-refractivity contribution is 0.257. The number of nitrogens with zero attached hydrogens (tertiary/aromatic N) is 3. The zero-order chi connectivity index (χ0) is 14.4. The third-order valence-electron chi connectivity index (χ3n) is 4.54. The maximum absolute atomic E-state index is 9.65. The number of rotatable bonds is 5. The Morgan fingerprint density at radius 2 is 1.85 bits per heavy atom. The summed E-state index contributed by atoms with van der Waals surface area (Å²) in [7, 11) is 0. The van der Waals surface area contributed by atoms with E-state index in [0.29, 0.717) is 0 Å². The smallest absolute Gasteiger partial charge is 0.148 e. The van der Waals surface area contributed by atoms with Crippen molar-refractivity contribution in [1.82, 2.24) is 9.97 Å². The van der Waals surface area contributed by atoms with Gasteiger partial charge in [0.2, 0.25) is 0 Å². The second kappa shape index (κ2) is 6.83. The lowest BCUT2D eigenvalue weighted by Gasteiger charge is -2.33. The van der Waals surface area contributed by atoms with Crippen LogP contribution in [0, 0.1) is 17.2 Å². The summed E-state index contributed by atoms with van der Waals surface area (Å²) in [6.07, 6.45) is 12.6. The molecule has 1 aromatic heterocycles. The molecule has 0 N–H and O–H groups in total. The fourth-order valence-corrected chi connectivity index (χ4v) is 3.27. The standard InChI is InChI=1S/C17H25N3/c1-3-5-14-7-9-17(13-18,10-8-14)16-19-11-15(6-4-2)12-20-16/h11-12,14H,3-10H2,1-2H3. The van der Waals surface area contributed by atoms with Gasteiger partial charge in [-0.1, -0.05) is 33.1 Å². The van der Waals surface area contributed by atoms with Gasteiger partial charge in [-0.15, -0.1) is 0 Å². The van der Waals surface area contributed by atoms with Crippen molar-refractivity contribution in [2.75, 3.05) is 0 Å². The fraction of sp³-hybridized carbons (Fsp3) is 0.706.